The molecule has 0 aromatic heterocycles. The van der Waals surface area contributed by atoms with Crippen LogP contribution >= 0.6 is 0 Å². The highest BCUT2D eigenvalue weighted by Gasteiger charge is 2.35. The Bertz CT molecular complexity index is 803. The molecule has 1 saturated carbocycles. The number of hydrogen-bond acceptors (Lipinski definition) is 1. The molecule has 0 atom stereocenters. The molecule has 0 radical (unpaired) electrons. The van der Waals surface area contributed by atoms with Crippen LogP contribution in [0.3, 0.4) is 0 Å². The summed E-state index contributed by atoms with van der Waals surface area (Å²) < 4.78 is 39.6. The van der Waals surface area contributed by atoms with E-state index in [0.29, 0.717) is 5.56 Å². The molecule has 0 spiro atoms. The van der Waals surface area contributed by atoms with E-state index in [1.807, 2.05) is 30.3 Å². The Morgan fingerprint density at radius 1 is 0.958 bits per heavy atom. The molecule has 1 fully saturated rings. The Morgan fingerprint density at radius 2 is 1.67 bits per heavy atom. The van der Waals surface area contributed by atoms with Crippen molar-refractivity contribution < 1.29 is 13.2 Å². The van der Waals surface area contributed by atoms with Gasteiger partial charge in [-0.2, -0.15) is 13.2 Å². The molecule has 0 aliphatic heterocycles. The van der Waals surface area contributed by atoms with Gasteiger partial charge in [0, 0.05) is 5.56 Å². The number of alkyl halides is 3. The molecule has 2 aromatic carbocycles. The zero-order valence-corrected chi connectivity index (χ0v) is 13.2. The fourth-order valence-electron chi connectivity index (χ4n) is 2.97. The smallest absolute Gasteiger partial charge is 0.269 e. The van der Waals surface area contributed by atoms with Crippen LogP contribution in [0.5, 0.6) is 0 Å². The Kier molecular flexibility index (Phi) is 4.89. The second kappa shape index (κ2) is 7.09. The lowest BCUT2D eigenvalue weighted by Crippen LogP contribution is -2.24. The molecule has 0 N–H and O–H groups in total. The van der Waals surface area contributed by atoms with Gasteiger partial charge in [0.2, 0.25) is 0 Å². The minimum Gasteiger partial charge on any atom is -0.269 e. The number of benzene rings is 2. The van der Waals surface area contributed by atoms with Gasteiger partial charge in [0.25, 0.3) is 0 Å². The summed E-state index contributed by atoms with van der Waals surface area (Å²) in [6.45, 7) is 0. The summed E-state index contributed by atoms with van der Waals surface area (Å²) >= 11 is 0. The van der Waals surface area contributed by atoms with E-state index in [4.69, 9.17) is 0 Å². The van der Waals surface area contributed by atoms with Gasteiger partial charge in [0.15, 0.2) is 5.71 Å². The quantitative estimate of drug-likeness (QED) is 0.482. The topological polar surface area (TPSA) is 12.4 Å². The van der Waals surface area contributed by atoms with Crippen LogP contribution in [0, 0.1) is 11.8 Å². The van der Waals surface area contributed by atoms with Crippen molar-refractivity contribution in [2.45, 2.75) is 44.3 Å². The van der Waals surface area contributed by atoms with Gasteiger partial charge in [-0.1, -0.05) is 55.5 Å². The fourth-order valence-corrected chi connectivity index (χ4v) is 2.97. The number of nitrogens with zero attached hydrogens (tertiary/aromatic N) is 1. The van der Waals surface area contributed by atoms with Gasteiger partial charge in [-0.15, -0.1) is 0 Å². The molecule has 1 aliphatic carbocycles. The minimum atomic E-state index is -4.50. The molecule has 0 amide bonds. The summed E-state index contributed by atoms with van der Waals surface area (Å²) in [5.74, 6) is 4.90. The molecule has 24 heavy (non-hydrogen) atoms. The maximum atomic E-state index is 13.2. The first-order valence-corrected chi connectivity index (χ1v) is 8.18. The lowest BCUT2D eigenvalue weighted by Gasteiger charge is -2.18. The molecular formula is C20H18F3N. The monoisotopic (exact) mass is 329 g/mol. The Labute approximate surface area is 139 Å². The summed E-state index contributed by atoms with van der Waals surface area (Å²) in [7, 11) is 0. The molecule has 0 bridgehead atoms. The van der Waals surface area contributed by atoms with E-state index in [-0.39, 0.29) is 6.04 Å². The van der Waals surface area contributed by atoms with E-state index in [1.54, 1.807) is 12.1 Å². The van der Waals surface area contributed by atoms with Crippen LogP contribution < -0.4 is 0 Å². The predicted molar refractivity (Wildman–Crippen MR) is 91.2 cm³/mol. The third kappa shape index (κ3) is 4.17. The molecule has 0 saturated heterocycles. The van der Waals surface area contributed by atoms with E-state index in [0.717, 1.165) is 42.9 Å². The van der Waals surface area contributed by atoms with Crippen LogP contribution in [0.4, 0.5) is 13.2 Å². The first kappa shape index (κ1) is 16.6. The Balaban J connectivity index is 1.89. The fraction of sp³-hybridized carbons (Fsp3) is 0.350. The van der Waals surface area contributed by atoms with Crippen LogP contribution in [0.1, 0.15) is 37.7 Å². The summed E-state index contributed by atoms with van der Waals surface area (Å²) in [5.41, 5.74) is -0.392. The average Bonchev–Trinajstić information content (AvgIpc) is 2.58. The minimum absolute atomic E-state index is 0.249. The van der Waals surface area contributed by atoms with Crippen molar-refractivity contribution in [3.05, 3.63) is 48.0 Å². The van der Waals surface area contributed by atoms with E-state index in [1.165, 1.54) is 0 Å². The largest absolute Gasteiger partial charge is 0.441 e. The third-order valence-electron chi connectivity index (χ3n) is 4.23. The maximum Gasteiger partial charge on any atom is 0.441 e. The molecule has 3 rings (SSSR count). The van der Waals surface area contributed by atoms with Gasteiger partial charge < -0.3 is 0 Å². The van der Waals surface area contributed by atoms with Gasteiger partial charge in [-0.05, 0) is 41.7 Å². The second-order valence-electron chi connectivity index (χ2n) is 6.08. The van der Waals surface area contributed by atoms with E-state index in [2.05, 4.69) is 16.8 Å². The summed E-state index contributed by atoms with van der Waals surface area (Å²) in [4.78, 5) is 3.90. The van der Waals surface area contributed by atoms with Gasteiger partial charge >= 0.3 is 6.18 Å². The lowest BCUT2D eigenvalue weighted by molar-refractivity contribution is -0.0576. The highest BCUT2D eigenvalue weighted by Crippen LogP contribution is 2.24. The van der Waals surface area contributed by atoms with Gasteiger partial charge in [-0.3, -0.25) is 4.99 Å². The van der Waals surface area contributed by atoms with Gasteiger partial charge in [0.05, 0.1) is 6.04 Å². The molecular weight excluding hydrogens is 311 g/mol. The van der Waals surface area contributed by atoms with Crippen molar-refractivity contribution in [1.82, 2.24) is 0 Å². The van der Waals surface area contributed by atoms with Crippen molar-refractivity contribution >= 4 is 16.5 Å². The van der Waals surface area contributed by atoms with Crippen LogP contribution in [0.15, 0.2) is 47.5 Å². The zero-order valence-electron chi connectivity index (χ0n) is 13.2. The Morgan fingerprint density at radius 3 is 2.38 bits per heavy atom. The second-order valence-corrected chi connectivity index (χ2v) is 6.08. The Hall–Kier alpha value is -2.28. The SMILES string of the molecule is FC(F)(F)C(C#Cc1ccc2ccccc2c1)=NC1CCCCC1. The van der Waals surface area contributed by atoms with Crippen LogP contribution in [0.25, 0.3) is 10.8 Å². The van der Waals surface area contributed by atoms with Crippen molar-refractivity contribution in [1.29, 1.82) is 0 Å². The highest BCUT2D eigenvalue weighted by atomic mass is 19.4. The third-order valence-corrected chi connectivity index (χ3v) is 4.23. The molecule has 0 unspecified atom stereocenters. The van der Waals surface area contributed by atoms with Crippen molar-refractivity contribution in [3.8, 4) is 11.8 Å². The highest BCUT2D eigenvalue weighted by molar-refractivity contribution is 6.05. The number of fused-ring (bicyclic) bond motifs is 1. The lowest BCUT2D eigenvalue weighted by atomic mass is 9.96. The molecule has 1 aliphatic rings. The van der Waals surface area contributed by atoms with Gasteiger partial charge in [0.1, 0.15) is 0 Å². The van der Waals surface area contributed by atoms with Crippen molar-refractivity contribution in [2.24, 2.45) is 4.99 Å². The van der Waals surface area contributed by atoms with Gasteiger partial charge in [-0.25, -0.2) is 0 Å². The number of hydrogen-bond donors (Lipinski definition) is 0. The average molecular weight is 329 g/mol. The van der Waals surface area contributed by atoms with E-state index >= 15 is 0 Å². The first-order chi connectivity index (χ1) is 11.5. The standard InChI is InChI=1S/C20H18F3N/c21-20(22,23)19(24-18-8-2-1-3-9-18)13-11-15-10-12-16-6-4-5-7-17(16)14-15/h4-7,10,12,14,18H,1-3,8-9H2. The normalized spacial score (nSPS) is 16.7. The molecule has 1 nitrogen and oxygen atoms in total. The molecule has 124 valence electrons. The summed E-state index contributed by atoms with van der Waals surface area (Å²) in [6.07, 6.45) is -0.0965. The first-order valence-electron chi connectivity index (χ1n) is 8.18. The van der Waals surface area contributed by atoms with Crippen molar-refractivity contribution in [3.63, 3.8) is 0 Å². The summed E-state index contributed by atoms with van der Waals surface area (Å²) in [5, 5.41) is 2.00. The van der Waals surface area contributed by atoms with Crippen LogP contribution in [-0.4, -0.2) is 17.9 Å². The number of halogens is 3. The molecule has 0 heterocycles. The van der Waals surface area contributed by atoms with E-state index in [9.17, 15) is 13.2 Å². The van der Waals surface area contributed by atoms with Crippen molar-refractivity contribution in [2.75, 3.05) is 0 Å². The van der Waals surface area contributed by atoms with Crippen LogP contribution in [-0.2, 0) is 0 Å². The molecule has 4 heteroatoms. The number of aliphatic imine (C=N–C) groups is 1. The predicted octanol–water partition coefficient (Wildman–Crippen LogP) is 5.53. The maximum absolute atomic E-state index is 13.2. The molecule has 2 aromatic rings. The van der Waals surface area contributed by atoms with E-state index < -0.39 is 11.9 Å². The number of rotatable bonds is 1. The zero-order chi connectivity index (χ0) is 17.0. The van der Waals surface area contributed by atoms with Crippen LogP contribution in [0.2, 0.25) is 0 Å². The summed E-state index contributed by atoms with van der Waals surface area (Å²) in [6, 6.07) is 12.9.